The van der Waals surface area contributed by atoms with Gasteiger partial charge >= 0.3 is 0 Å². The lowest BCUT2D eigenvalue weighted by atomic mass is 9.88. The summed E-state index contributed by atoms with van der Waals surface area (Å²) in [6, 6.07) is 22.5. The van der Waals surface area contributed by atoms with Gasteiger partial charge < -0.3 is 25.0 Å². The van der Waals surface area contributed by atoms with E-state index in [1.54, 1.807) is 30.3 Å². The largest absolute Gasteiger partial charge is 0.493 e. The van der Waals surface area contributed by atoms with Crippen LogP contribution in [0.25, 0.3) is 21.8 Å². The molecule has 2 amide bonds. The molecule has 3 heterocycles. The minimum Gasteiger partial charge on any atom is -0.493 e. The second kappa shape index (κ2) is 18.4. The van der Waals surface area contributed by atoms with Gasteiger partial charge in [0, 0.05) is 54.8 Å². The molecular formula is C44H53ClN6O5. The Morgan fingerprint density at radius 1 is 0.982 bits per heavy atom. The molecule has 0 radical (unpaired) electrons. The quantitative estimate of drug-likeness (QED) is 0.109. The summed E-state index contributed by atoms with van der Waals surface area (Å²) in [6.07, 6.45) is 4.82. The highest BCUT2D eigenvalue weighted by Gasteiger charge is 2.36. The van der Waals surface area contributed by atoms with E-state index in [9.17, 15) is 19.5 Å². The van der Waals surface area contributed by atoms with Crippen LogP contribution in [0.2, 0.25) is 5.02 Å². The number of carbonyl (C=O) groups is 2. The molecule has 0 bridgehead atoms. The van der Waals surface area contributed by atoms with E-state index in [0.717, 1.165) is 29.6 Å². The predicted molar refractivity (Wildman–Crippen MR) is 221 cm³/mol. The first kappa shape index (κ1) is 40.8. The second-order valence-electron chi connectivity index (χ2n) is 15.6. The van der Waals surface area contributed by atoms with Gasteiger partial charge in [0.2, 0.25) is 5.91 Å². The molecule has 296 valence electrons. The fraction of sp³-hybridized carbons (Fsp3) is 0.432. The summed E-state index contributed by atoms with van der Waals surface area (Å²) in [5.74, 6) is 0.402. The summed E-state index contributed by atoms with van der Waals surface area (Å²) in [7, 11) is 4.04. The number of hydrogen-bond acceptors (Lipinski definition) is 8. The highest BCUT2D eigenvalue weighted by atomic mass is 35.5. The minimum atomic E-state index is -1.16. The molecule has 0 saturated carbocycles. The van der Waals surface area contributed by atoms with Gasteiger partial charge in [-0.1, -0.05) is 61.8 Å². The number of halogens is 1. The third-order valence-electron chi connectivity index (χ3n) is 10.6. The maximum Gasteiger partial charge on any atom is 0.261 e. The van der Waals surface area contributed by atoms with Crippen molar-refractivity contribution in [3.8, 4) is 5.75 Å². The van der Waals surface area contributed by atoms with Crippen LogP contribution in [0.1, 0.15) is 73.5 Å². The minimum absolute atomic E-state index is 0.0324. The Bertz CT molecular complexity index is 2200. The van der Waals surface area contributed by atoms with E-state index >= 15 is 0 Å². The third-order valence-corrected chi connectivity index (χ3v) is 10.9. The number of ether oxygens (including phenoxy) is 1. The Hall–Kier alpha value is -4.84. The molecule has 12 heteroatoms. The molecule has 56 heavy (non-hydrogen) atoms. The number of hydrogen-bond donors (Lipinski definition) is 2. The summed E-state index contributed by atoms with van der Waals surface area (Å²) in [5.41, 5.74) is 2.29. The molecule has 0 unspecified atom stereocenters. The number of carbonyl (C=O) groups excluding carboxylic acids is 2. The molecule has 2 N–H and O–H groups in total. The molecule has 1 aliphatic rings. The molecule has 0 aliphatic carbocycles. The number of pyridine rings is 1. The number of piperidine rings is 1. The first-order chi connectivity index (χ1) is 26.9. The van der Waals surface area contributed by atoms with E-state index < -0.39 is 5.60 Å². The topological polar surface area (TPSA) is 130 Å². The standard InChI is InChI=1S/C44H53ClN6O5/c1-30(2)38-27-37(45)35-15-13-32(25-40(35)48-38)41(52)46-19-8-12-33(24-31-10-6-5-7-11-31)42(53)50-21-17-44(55,18-22-50)28-51-29-47-39-26-34(14-16-36(39)43(51)54)56-23-9-20-49(3)4/h5-7,10-11,13-16,25-27,29-30,33,55H,8-9,12,17-24,28H2,1-4H3,(H,46,52)/t33-/m1/s1. The van der Waals surface area contributed by atoms with Crippen molar-refractivity contribution < 1.29 is 19.4 Å². The third kappa shape index (κ3) is 10.3. The Morgan fingerprint density at radius 2 is 1.73 bits per heavy atom. The van der Waals surface area contributed by atoms with E-state index in [1.807, 2.05) is 61.5 Å². The fourth-order valence-electron chi connectivity index (χ4n) is 7.29. The second-order valence-corrected chi connectivity index (χ2v) is 16.0. The molecular weight excluding hydrogens is 728 g/mol. The number of nitrogens with zero attached hydrogens (tertiary/aromatic N) is 5. The number of amides is 2. The Kier molecular flexibility index (Phi) is 13.4. The van der Waals surface area contributed by atoms with Crippen molar-refractivity contribution in [3.63, 3.8) is 0 Å². The van der Waals surface area contributed by atoms with Crippen LogP contribution in [0, 0.1) is 5.92 Å². The lowest BCUT2D eigenvalue weighted by Gasteiger charge is -2.39. The number of nitrogens with one attached hydrogen (secondary N) is 1. The van der Waals surface area contributed by atoms with Gasteiger partial charge in [-0.3, -0.25) is 23.9 Å². The molecule has 0 spiro atoms. The SMILES string of the molecule is CC(C)c1cc(Cl)c2ccc(C(=O)NCCC[C@H](Cc3ccccc3)C(=O)N3CCC(O)(Cn4cnc5cc(OCCCN(C)C)ccc5c4=O)CC3)cc2n1. The molecule has 11 nitrogen and oxygen atoms in total. The average molecular weight is 781 g/mol. The van der Waals surface area contributed by atoms with Crippen LogP contribution in [0.4, 0.5) is 0 Å². The lowest BCUT2D eigenvalue weighted by molar-refractivity contribution is -0.140. The number of rotatable bonds is 16. The summed E-state index contributed by atoms with van der Waals surface area (Å²) in [6.45, 7) is 6.85. The van der Waals surface area contributed by atoms with Crippen LogP contribution in [-0.2, 0) is 17.8 Å². The van der Waals surface area contributed by atoms with Gasteiger partial charge in [-0.2, -0.15) is 0 Å². The maximum absolute atomic E-state index is 14.1. The Labute approximate surface area is 333 Å². The van der Waals surface area contributed by atoms with Crippen molar-refractivity contribution in [3.05, 3.63) is 111 Å². The molecule has 2 aromatic heterocycles. The van der Waals surface area contributed by atoms with Gasteiger partial charge in [-0.05, 0) is 94.4 Å². The highest BCUT2D eigenvalue weighted by Crippen LogP contribution is 2.29. The summed E-state index contributed by atoms with van der Waals surface area (Å²) in [5, 5.41) is 16.5. The number of fused-ring (bicyclic) bond motifs is 2. The van der Waals surface area contributed by atoms with Crippen LogP contribution in [0.5, 0.6) is 5.75 Å². The van der Waals surface area contributed by atoms with Crippen molar-refractivity contribution >= 4 is 45.2 Å². The molecule has 1 fully saturated rings. The molecule has 1 saturated heterocycles. The number of likely N-dealkylation sites (tertiary alicyclic amines) is 1. The average Bonchev–Trinajstić information content (AvgIpc) is 3.18. The predicted octanol–water partition coefficient (Wildman–Crippen LogP) is 6.47. The van der Waals surface area contributed by atoms with Gasteiger partial charge in [0.25, 0.3) is 11.5 Å². The molecule has 5 aromatic rings. The van der Waals surface area contributed by atoms with Crippen molar-refractivity contribution in [2.75, 3.05) is 46.9 Å². The van der Waals surface area contributed by atoms with E-state index in [2.05, 4.69) is 29.0 Å². The van der Waals surface area contributed by atoms with Gasteiger partial charge in [0.15, 0.2) is 0 Å². The van der Waals surface area contributed by atoms with Crippen molar-refractivity contribution in [2.24, 2.45) is 5.92 Å². The highest BCUT2D eigenvalue weighted by molar-refractivity contribution is 6.35. The van der Waals surface area contributed by atoms with Crippen LogP contribution in [0.3, 0.4) is 0 Å². The zero-order chi connectivity index (χ0) is 39.8. The monoisotopic (exact) mass is 780 g/mol. The zero-order valence-electron chi connectivity index (χ0n) is 32.8. The number of benzene rings is 3. The van der Waals surface area contributed by atoms with Crippen LogP contribution >= 0.6 is 11.6 Å². The van der Waals surface area contributed by atoms with Crippen LogP contribution < -0.4 is 15.6 Å². The maximum atomic E-state index is 14.1. The smallest absolute Gasteiger partial charge is 0.261 e. The van der Waals surface area contributed by atoms with Gasteiger partial charge in [-0.25, -0.2) is 4.98 Å². The first-order valence-corrected chi connectivity index (χ1v) is 20.0. The first-order valence-electron chi connectivity index (χ1n) is 19.6. The summed E-state index contributed by atoms with van der Waals surface area (Å²) >= 11 is 6.50. The summed E-state index contributed by atoms with van der Waals surface area (Å²) < 4.78 is 7.33. The van der Waals surface area contributed by atoms with Crippen LogP contribution in [0.15, 0.2) is 83.9 Å². The van der Waals surface area contributed by atoms with Crippen LogP contribution in [-0.4, -0.2) is 93.7 Å². The molecule has 1 aliphatic heterocycles. The lowest BCUT2D eigenvalue weighted by Crippen LogP contribution is -2.51. The van der Waals surface area contributed by atoms with Gasteiger partial charge in [-0.15, -0.1) is 0 Å². The van der Waals surface area contributed by atoms with Crippen molar-refractivity contribution in [1.29, 1.82) is 0 Å². The number of aliphatic hydroxyl groups is 1. The molecule has 1 atom stereocenters. The van der Waals surface area contributed by atoms with E-state index in [-0.39, 0.29) is 35.8 Å². The number of aromatic nitrogens is 3. The van der Waals surface area contributed by atoms with Gasteiger partial charge in [0.05, 0.1) is 46.5 Å². The van der Waals surface area contributed by atoms with Gasteiger partial charge in [0.1, 0.15) is 5.75 Å². The zero-order valence-corrected chi connectivity index (χ0v) is 33.6. The summed E-state index contributed by atoms with van der Waals surface area (Å²) in [4.78, 5) is 53.8. The van der Waals surface area contributed by atoms with Crippen molar-refractivity contribution in [1.82, 2.24) is 29.7 Å². The Balaban J connectivity index is 1.04. The molecule has 3 aromatic carbocycles. The normalized spacial score (nSPS) is 14.8. The van der Waals surface area contributed by atoms with E-state index in [4.69, 9.17) is 21.3 Å². The van der Waals surface area contributed by atoms with E-state index in [1.165, 1.54) is 10.9 Å². The Morgan fingerprint density at radius 3 is 2.46 bits per heavy atom. The van der Waals surface area contributed by atoms with E-state index in [0.29, 0.717) is 91.1 Å². The molecule has 6 rings (SSSR count). The van der Waals surface area contributed by atoms with Crippen molar-refractivity contribution in [2.45, 2.75) is 70.4 Å². The fourth-order valence-corrected chi connectivity index (χ4v) is 7.57.